The van der Waals surface area contributed by atoms with Crippen molar-refractivity contribution < 1.29 is 19.1 Å². The number of amides is 1. The summed E-state index contributed by atoms with van der Waals surface area (Å²) in [6.07, 6.45) is 3.09. The number of esters is 1. The summed E-state index contributed by atoms with van der Waals surface area (Å²) in [5.41, 5.74) is 4.06. The summed E-state index contributed by atoms with van der Waals surface area (Å²) in [4.78, 5) is 27.3. The normalized spacial score (nSPS) is 16.2. The monoisotopic (exact) mass is 414 g/mol. The van der Waals surface area contributed by atoms with Gasteiger partial charge in [-0.05, 0) is 66.3 Å². The van der Waals surface area contributed by atoms with Crippen LogP contribution in [0.2, 0.25) is 0 Å². The lowest BCUT2D eigenvalue weighted by Crippen LogP contribution is -2.37. The predicted molar refractivity (Wildman–Crippen MR) is 113 cm³/mol. The van der Waals surface area contributed by atoms with E-state index in [9.17, 15) is 9.59 Å². The second kappa shape index (κ2) is 8.55. The topological polar surface area (TPSA) is 67.9 Å². The van der Waals surface area contributed by atoms with Gasteiger partial charge in [0.15, 0.2) is 0 Å². The van der Waals surface area contributed by atoms with Gasteiger partial charge in [-0.3, -0.25) is 9.69 Å². The Kier molecular flexibility index (Phi) is 5.87. The zero-order valence-corrected chi connectivity index (χ0v) is 17.6. The van der Waals surface area contributed by atoms with E-state index in [1.807, 2.05) is 17.5 Å². The van der Waals surface area contributed by atoms with Crippen molar-refractivity contribution in [3.05, 3.63) is 45.8 Å². The summed E-state index contributed by atoms with van der Waals surface area (Å²) in [6, 6.07) is 6.12. The molecule has 2 aliphatic rings. The molecule has 0 unspecified atom stereocenters. The highest BCUT2D eigenvalue weighted by atomic mass is 32.1. The number of thiophene rings is 1. The zero-order chi connectivity index (χ0) is 20.4. The molecule has 0 saturated heterocycles. The van der Waals surface area contributed by atoms with E-state index in [1.54, 1.807) is 14.0 Å². The minimum absolute atomic E-state index is 0.105. The molecule has 1 aliphatic heterocycles. The summed E-state index contributed by atoms with van der Waals surface area (Å²) in [7, 11) is 1.66. The average molecular weight is 415 g/mol. The van der Waals surface area contributed by atoms with Crippen LogP contribution in [0.5, 0.6) is 5.75 Å². The van der Waals surface area contributed by atoms with E-state index >= 15 is 0 Å². The Morgan fingerprint density at radius 2 is 2.10 bits per heavy atom. The molecule has 29 heavy (non-hydrogen) atoms. The molecule has 1 N–H and O–H groups in total. The molecule has 0 spiro atoms. The summed E-state index contributed by atoms with van der Waals surface area (Å²) in [6.45, 7) is 3.94. The van der Waals surface area contributed by atoms with Gasteiger partial charge in [0.2, 0.25) is 5.91 Å². The largest absolute Gasteiger partial charge is 0.497 e. The standard InChI is InChI=1S/C22H26N2O4S/c1-3-28-22(26)20-18(15-4-5-15)13-29-21(20)23-19(25)12-24-9-8-14-6-7-17(27-2)10-16(14)11-24/h6-7,10,13,15H,3-5,8-9,11-12H2,1-2H3,(H,23,25). The molecule has 0 atom stereocenters. The fraction of sp³-hybridized carbons (Fsp3) is 0.455. The molecule has 4 rings (SSSR count). The van der Waals surface area contributed by atoms with E-state index in [0.29, 0.717) is 29.6 Å². The number of carbonyl (C=O) groups is 2. The lowest BCUT2D eigenvalue weighted by atomic mass is 9.99. The SMILES string of the molecule is CCOC(=O)c1c(C2CC2)csc1NC(=O)CN1CCc2ccc(OC)cc2C1. The maximum atomic E-state index is 12.7. The molecule has 0 radical (unpaired) electrons. The summed E-state index contributed by atoms with van der Waals surface area (Å²) in [5, 5.41) is 5.55. The molecular formula is C22H26N2O4S. The van der Waals surface area contributed by atoms with E-state index in [2.05, 4.69) is 16.3 Å². The van der Waals surface area contributed by atoms with E-state index in [-0.39, 0.29) is 18.4 Å². The van der Waals surface area contributed by atoms with Gasteiger partial charge in [0.25, 0.3) is 0 Å². The Labute approximate surface area is 174 Å². The zero-order valence-electron chi connectivity index (χ0n) is 16.8. The minimum Gasteiger partial charge on any atom is -0.497 e. The van der Waals surface area contributed by atoms with E-state index in [0.717, 1.165) is 37.1 Å². The molecule has 1 amide bonds. The number of methoxy groups -OCH3 is 1. The highest BCUT2D eigenvalue weighted by Crippen LogP contribution is 2.46. The second-order valence-corrected chi connectivity index (χ2v) is 8.41. The molecule has 0 bridgehead atoms. The quantitative estimate of drug-likeness (QED) is 0.698. The van der Waals surface area contributed by atoms with Gasteiger partial charge in [-0.2, -0.15) is 0 Å². The van der Waals surface area contributed by atoms with Crippen molar-refractivity contribution in [2.24, 2.45) is 0 Å². The van der Waals surface area contributed by atoms with Gasteiger partial charge in [0, 0.05) is 13.1 Å². The first-order valence-electron chi connectivity index (χ1n) is 10.1. The van der Waals surface area contributed by atoms with Crippen molar-refractivity contribution in [1.82, 2.24) is 4.90 Å². The Morgan fingerprint density at radius 1 is 1.28 bits per heavy atom. The number of nitrogens with zero attached hydrogens (tertiary/aromatic N) is 1. The third kappa shape index (κ3) is 4.46. The highest BCUT2D eigenvalue weighted by molar-refractivity contribution is 7.15. The number of nitrogens with one attached hydrogen (secondary N) is 1. The molecule has 1 fully saturated rings. The van der Waals surface area contributed by atoms with Crippen LogP contribution in [0, 0.1) is 0 Å². The average Bonchev–Trinajstić information content (AvgIpc) is 3.48. The lowest BCUT2D eigenvalue weighted by Gasteiger charge is -2.28. The third-order valence-corrected chi connectivity index (χ3v) is 6.35. The van der Waals surface area contributed by atoms with Crippen molar-refractivity contribution in [3.8, 4) is 5.75 Å². The van der Waals surface area contributed by atoms with Crippen LogP contribution in [0.25, 0.3) is 0 Å². The summed E-state index contributed by atoms with van der Waals surface area (Å²) >= 11 is 1.41. The second-order valence-electron chi connectivity index (χ2n) is 7.53. The van der Waals surface area contributed by atoms with Crippen molar-refractivity contribution in [2.75, 3.05) is 32.1 Å². The van der Waals surface area contributed by atoms with Crippen LogP contribution in [0.15, 0.2) is 23.6 Å². The summed E-state index contributed by atoms with van der Waals surface area (Å²) < 4.78 is 10.5. The molecule has 6 nitrogen and oxygen atoms in total. The van der Waals surface area contributed by atoms with Crippen LogP contribution in [0.1, 0.15) is 52.7 Å². The fourth-order valence-electron chi connectivity index (χ4n) is 3.79. The molecule has 1 saturated carbocycles. The van der Waals surface area contributed by atoms with Crippen molar-refractivity contribution in [1.29, 1.82) is 0 Å². The number of ether oxygens (including phenoxy) is 2. The number of benzene rings is 1. The Bertz CT molecular complexity index is 920. The smallest absolute Gasteiger partial charge is 0.341 e. The maximum Gasteiger partial charge on any atom is 0.341 e. The van der Waals surface area contributed by atoms with Crippen LogP contribution in [0.4, 0.5) is 5.00 Å². The van der Waals surface area contributed by atoms with Crippen molar-refractivity contribution >= 4 is 28.2 Å². The molecule has 7 heteroatoms. The first-order chi connectivity index (χ1) is 14.1. The molecule has 2 aromatic rings. The lowest BCUT2D eigenvalue weighted by molar-refractivity contribution is -0.117. The van der Waals surface area contributed by atoms with Gasteiger partial charge in [0.1, 0.15) is 10.8 Å². The summed E-state index contributed by atoms with van der Waals surface area (Å²) in [5.74, 6) is 0.807. The molecule has 1 aromatic carbocycles. The number of carbonyl (C=O) groups excluding carboxylic acids is 2. The Morgan fingerprint density at radius 3 is 2.83 bits per heavy atom. The molecule has 1 aliphatic carbocycles. The van der Waals surface area contributed by atoms with Gasteiger partial charge in [-0.1, -0.05) is 6.07 Å². The molecule has 2 heterocycles. The van der Waals surface area contributed by atoms with Crippen molar-refractivity contribution in [2.45, 2.75) is 38.6 Å². The van der Waals surface area contributed by atoms with Crippen LogP contribution < -0.4 is 10.1 Å². The Hall–Kier alpha value is -2.38. The van der Waals surface area contributed by atoms with Gasteiger partial charge < -0.3 is 14.8 Å². The highest BCUT2D eigenvalue weighted by Gasteiger charge is 2.32. The van der Waals surface area contributed by atoms with Gasteiger partial charge >= 0.3 is 5.97 Å². The number of rotatable bonds is 7. The van der Waals surface area contributed by atoms with E-state index < -0.39 is 0 Å². The van der Waals surface area contributed by atoms with E-state index in [1.165, 1.54) is 22.5 Å². The number of hydrogen-bond acceptors (Lipinski definition) is 6. The first kappa shape index (κ1) is 19.9. The van der Waals surface area contributed by atoms with Crippen molar-refractivity contribution in [3.63, 3.8) is 0 Å². The Balaban J connectivity index is 1.43. The molecular weight excluding hydrogens is 388 g/mol. The van der Waals surface area contributed by atoms with Crippen LogP contribution in [0.3, 0.4) is 0 Å². The first-order valence-corrected chi connectivity index (χ1v) is 10.9. The number of anilines is 1. The number of hydrogen-bond donors (Lipinski definition) is 1. The fourth-order valence-corrected chi connectivity index (χ4v) is 4.84. The minimum atomic E-state index is -0.343. The van der Waals surface area contributed by atoms with Crippen LogP contribution in [-0.4, -0.2) is 43.6 Å². The third-order valence-electron chi connectivity index (χ3n) is 5.44. The molecule has 1 aromatic heterocycles. The van der Waals surface area contributed by atoms with E-state index in [4.69, 9.17) is 9.47 Å². The molecule has 154 valence electrons. The van der Waals surface area contributed by atoms with Crippen LogP contribution >= 0.6 is 11.3 Å². The van der Waals surface area contributed by atoms with Crippen LogP contribution in [-0.2, 0) is 22.5 Å². The van der Waals surface area contributed by atoms with Gasteiger partial charge in [-0.15, -0.1) is 11.3 Å². The predicted octanol–water partition coefficient (Wildman–Crippen LogP) is 3.81. The number of fused-ring (bicyclic) bond motifs is 1. The maximum absolute atomic E-state index is 12.7. The van der Waals surface area contributed by atoms with Gasteiger partial charge in [-0.25, -0.2) is 4.79 Å². The van der Waals surface area contributed by atoms with Gasteiger partial charge in [0.05, 0.1) is 25.8 Å².